The number of aromatic nitrogens is 1. The highest BCUT2D eigenvalue weighted by molar-refractivity contribution is 5.98. The van der Waals surface area contributed by atoms with E-state index < -0.39 is 23.8 Å². The van der Waals surface area contributed by atoms with Crippen LogP contribution in [0, 0.1) is 17.6 Å². The van der Waals surface area contributed by atoms with Crippen LogP contribution in [-0.2, 0) is 0 Å². The van der Waals surface area contributed by atoms with Gasteiger partial charge in [-0.3, -0.25) is 9.59 Å². The zero-order chi connectivity index (χ0) is 26.7. The van der Waals surface area contributed by atoms with Gasteiger partial charge in [-0.25, -0.2) is 13.8 Å². The summed E-state index contributed by atoms with van der Waals surface area (Å²) in [7, 11) is 1.60. The summed E-state index contributed by atoms with van der Waals surface area (Å²) in [6.45, 7) is 3.80. The molecule has 1 aliphatic rings. The fraction of sp³-hybridized carbons (Fsp3) is 0.321. The number of carbonyl (C=O) groups excluding carboxylic acids is 2. The first-order chi connectivity index (χ1) is 17.7. The third-order valence-electron chi connectivity index (χ3n) is 6.55. The highest BCUT2D eigenvalue weighted by atomic mass is 19.1. The van der Waals surface area contributed by atoms with Gasteiger partial charge in [0.1, 0.15) is 23.3 Å². The summed E-state index contributed by atoms with van der Waals surface area (Å²) in [6, 6.07) is 12.5. The summed E-state index contributed by atoms with van der Waals surface area (Å²) in [5, 5.41) is 9.83. The van der Waals surface area contributed by atoms with Gasteiger partial charge >= 0.3 is 0 Å². The average Bonchev–Trinajstić information content (AvgIpc) is 2.89. The number of fused-ring (bicyclic) bond motifs is 1. The Hall–Kier alpha value is -3.85. The van der Waals surface area contributed by atoms with E-state index >= 15 is 0 Å². The predicted molar refractivity (Wildman–Crippen MR) is 134 cm³/mol. The number of benzene rings is 2. The van der Waals surface area contributed by atoms with Gasteiger partial charge in [0.2, 0.25) is 5.88 Å². The zero-order valence-electron chi connectivity index (χ0n) is 20.9. The Kier molecular flexibility index (Phi) is 7.83. The van der Waals surface area contributed by atoms with Crippen molar-refractivity contribution in [1.82, 2.24) is 14.8 Å². The van der Waals surface area contributed by atoms with Crippen LogP contribution in [0.1, 0.15) is 34.6 Å². The second-order valence-electron chi connectivity index (χ2n) is 9.41. The molecule has 0 spiro atoms. The number of hydrogen-bond donors (Lipinski definition) is 1. The summed E-state index contributed by atoms with van der Waals surface area (Å²) < 4.78 is 33.7. The van der Waals surface area contributed by atoms with Gasteiger partial charge in [0.25, 0.3) is 11.8 Å². The van der Waals surface area contributed by atoms with E-state index in [0.29, 0.717) is 11.1 Å². The Morgan fingerprint density at radius 2 is 1.86 bits per heavy atom. The largest absolute Gasteiger partial charge is 0.472 e. The molecule has 0 saturated carbocycles. The molecule has 0 aliphatic carbocycles. The number of amides is 2. The number of carbonyl (C=O) groups is 2. The van der Waals surface area contributed by atoms with E-state index in [2.05, 4.69) is 4.98 Å². The van der Waals surface area contributed by atoms with Crippen LogP contribution in [0.3, 0.4) is 0 Å². The quantitative estimate of drug-likeness (QED) is 0.543. The van der Waals surface area contributed by atoms with Gasteiger partial charge in [0.15, 0.2) is 0 Å². The van der Waals surface area contributed by atoms with Crippen LogP contribution in [0.15, 0.2) is 60.8 Å². The molecule has 2 heterocycles. The molecule has 9 heteroatoms. The van der Waals surface area contributed by atoms with Crippen molar-refractivity contribution >= 4 is 11.8 Å². The number of likely N-dealkylation sites (N-methyl/N-ethyl adjacent to an activating group) is 1. The van der Waals surface area contributed by atoms with Crippen molar-refractivity contribution in [1.29, 1.82) is 0 Å². The SMILES string of the molecule is C[C@H]1CN([C@@H](C)CO)C(=O)c2cc(-c3cccc(F)c3)cnc2O[C@@H]1CN(C)C(=O)c1cccc(F)c1. The van der Waals surface area contributed by atoms with E-state index in [1.54, 1.807) is 43.1 Å². The highest BCUT2D eigenvalue weighted by Gasteiger charge is 2.35. The monoisotopic (exact) mass is 509 g/mol. The van der Waals surface area contributed by atoms with Crippen molar-refractivity contribution in [3.05, 3.63) is 83.6 Å². The molecule has 4 rings (SSSR count). The maximum atomic E-state index is 13.8. The summed E-state index contributed by atoms with van der Waals surface area (Å²) in [6.07, 6.45) is 0.946. The smallest absolute Gasteiger partial charge is 0.259 e. The Bertz CT molecular complexity index is 1300. The number of nitrogens with zero attached hydrogens (tertiary/aromatic N) is 3. The molecule has 2 aromatic carbocycles. The number of aliphatic hydroxyl groups is 1. The summed E-state index contributed by atoms with van der Waals surface area (Å²) in [5.41, 5.74) is 1.48. The van der Waals surface area contributed by atoms with Gasteiger partial charge in [-0.15, -0.1) is 0 Å². The molecule has 1 aromatic heterocycles. The second kappa shape index (κ2) is 11.0. The topological polar surface area (TPSA) is 83.0 Å². The van der Waals surface area contributed by atoms with Crippen LogP contribution < -0.4 is 4.74 Å². The van der Waals surface area contributed by atoms with Crippen LogP contribution in [0.25, 0.3) is 11.1 Å². The first kappa shape index (κ1) is 26.2. The Morgan fingerprint density at radius 1 is 1.16 bits per heavy atom. The van der Waals surface area contributed by atoms with E-state index in [1.807, 2.05) is 6.92 Å². The molecule has 2 amide bonds. The van der Waals surface area contributed by atoms with Crippen molar-refractivity contribution in [2.75, 3.05) is 26.7 Å². The first-order valence-electron chi connectivity index (χ1n) is 12.0. The molecule has 37 heavy (non-hydrogen) atoms. The molecule has 0 unspecified atom stereocenters. The molecule has 0 saturated heterocycles. The van der Waals surface area contributed by atoms with Gasteiger partial charge in [0.05, 0.1) is 19.2 Å². The number of pyridine rings is 1. The zero-order valence-corrected chi connectivity index (χ0v) is 20.9. The summed E-state index contributed by atoms with van der Waals surface area (Å²) in [4.78, 5) is 33.9. The summed E-state index contributed by atoms with van der Waals surface area (Å²) >= 11 is 0. The predicted octanol–water partition coefficient (Wildman–Crippen LogP) is 4.02. The number of rotatable bonds is 6. The van der Waals surface area contributed by atoms with Crippen LogP contribution in [0.4, 0.5) is 8.78 Å². The lowest BCUT2D eigenvalue weighted by molar-refractivity contribution is 0.0313. The number of ether oxygens (including phenoxy) is 1. The molecule has 7 nitrogen and oxygen atoms in total. The van der Waals surface area contributed by atoms with Crippen molar-refractivity contribution in [3.63, 3.8) is 0 Å². The normalized spacial score (nSPS) is 18.3. The third-order valence-corrected chi connectivity index (χ3v) is 6.55. The lowest BCUT2D eigenvalue weighted by Gasteiger charge is -2.37. The molecule has 194 valence electrons. The lowest BCUT2D eigenvalue weighted by atomic mass is 9.99. The molecule has 0 fully saturated rings. The van der Waals surface area contributed by atoms with E-state index in [1.165, 1.54) is 41.4 Å². The van der Waals surface area contributed by atoms with E-state index in [-0.39, 0.29) is 54.4 Å². The van der Waals surface area contributed by atoms with Crippen molar-refractivity contribution in [2.24, 2.45) is 5.92 Å². The Labute approximate surface area is 214 Å². The molecule has 0 bridgehead atoms. The third kappa shape index (κ3) is 5.77. The second-order valence-corrected chi connectivity index (χ2v) is 9.41. The minimum absolute atomic E-state index is 0.0865. The molecule has 1 N–H and O–H groups in total. The van der Waals surface area contributed by atoms with E-state index in [4.69, 9.17) is 4.74 Å². The molecule has 3 aromatic rings. The molecule has 1 aliphatic heterocycles. The van der Waals surface area contributed by atoms with Crippen LogP contribution >= 0.6 is 0 Å². The molecular weight excluding hydrogens is 480 g/mol. The minimum Gasteiger partial charge on any atom is -0.472 e. The standard InChI is InChI=1S/C28H29F2N3O4/c1-17-14-33(18(2)16-34)28(36)24-12-21(19-6-4-8-22(29)10-19)13-31-26(24)37-25(17)15-32(3)27(35)20-7-5-9-23(30)11-20/h4-13,17-18,25,34H,14-16H2,1-3H3/t17-,18-,25+/m0/s1. The van der Waals surface area contributed by atoms with Crippen LogP contribution in [0.2, 0.25) is 0 Å². The molecular formula is C28H29F2N3O4. The van der Waals surface area contributed by atoms with Crippen LogP contribution in [-0.4, -0.2) is 70.6 Å². The fourth-order valence-corrected chi connectivity index (χ4v) is 4.34. The number of halogens is 2. The van der Waals surface area contributed by atoms with Crippen molar-refractivity contribution in [2.45, 2.75) is 26.0 Å². The van der Waals surface area contributed by atoms with Gasteiger partial charge < -0.3 is 19.6 Å². The number of aliphatic hydroxyl groups excluding tert-OH is 1. The minimum atomic E-state index is -0.560. The molecule has 0 radical (unpaired) electrons. The van der Waals surface area contributed by atoms with Gasteiger partial charge in [0, 0.05) is 36.8 Å². The Balaban J connectivity index is 1.68. The van der Waals surface area contributed by atoms with Gasteiger partial charge in [-0.2, -0.15) is 0 Å². The Morgan fingerprint density at radius 3 is 2.54 bits per heavy atom. The average molecular weight is 510 g/mol. The van der Waals surface area contributed by atoms with E-state index in [9.17, 15) is 23.5 Å². The lowest BCUT2D eigenvalue weighted by Crippen LogP contribution is -2.50. The first-order valence-corrected chi connectivity index (χ1v) is 12.0. The maximum Gasteiger partial charge on any atom is 0.259 e. The van der Waals surface area contributed by atoms with Crippen molar-refractivity contribution in [3.8, 4) is 17.0 Å². The number of hydrogen-bond acceptors (Lipinski definition) is 5. The van der Waals surface area contributed by atoms with E-state index in [0.717, 1.165) is 0 Å². The fourth-order valence-electron chi connectivity index (χ4n) is 4.34. The summed E-state index contributed by atoms with van der Waals surface area (Å²) in [5.74, 6) is -1.81. The van der Waals surface area contributed by atoms with Gasteiger partial charge in [-0.1, -0.05) is 25.1 Å². The van der Waals surface area contributed by atoms with Gasteiger partial charge in [-0.05, 0) is 48.9 Å². The van der Waals surface area contributed by atoms with Crippen molar-refractivity contribution < 1.29 is 28.2 Å². The van der Waals surface area contributed by atoms with Crippen LogP contribution in [0.5, 0.6) is 5.88 Å². The maximum absolute atomic E-state index is 13.8. The molecule has 3 atom stereocenters. The highest BCUT2D eigenvalue weighted by Crippen LogP contribution is 2.30.